The zero-order chi connectivity index (χ0) is 12.6. The molecule has 0 aromatic heterocycles. The average molecular weight is 250 g/mol. The Kier molecular flexibility index (Phi) is 3.68. The predicted molar refractivity (Wildman–Crippen MR) is 76.8 cm³/mol. The molecule has 0 aromatic carbocycles. The molecule has 0 amide bonds. The molecular formula is C16H30N2. The third-order valence-corrected chi connectivity index (χ3v) is 5.87. The van der Waals surface area contributed by atoms with Gasteiger partial charge in [0, 0.05) is 31.7 Å². The van der Waals surface area contributed by atoms with Gasteiger partial charge in [-0.1, -0.05) is 20.3 Å². The van der Waals surface area contributed by atoms with Crippen molar-refractivity contribution in [2.24, 2.45) is 5.41 Å². The second-order valence-electron chi connectivity index (χ2n) is 6.99. The highest BCUT2D eigenvalue weighted by Gasteiger charge is 2.44. The predicted octanol–water partition coefficient (Wildman–Crippen LogP) is 3.13. The van der Waals surface area contributed by atoms with Crippen LogP contribution < -0.4 is 0 Å². The Hall–Kier alpha value is -0.0800. The summed E-state index contributed by atoms with van der Waals surface area (Å²) in [6.45, 7) is 10.2. The summed E-state index contributed by atoms with van der Waals surface area (Å²) in [5, 5.41) is 0. The van der Waals surface area contributed by atoms with Gasteiger partial charge in [-0.25, -0.2) is 0 Å². The first-order chi connectivity index (χ1) is 8.76. The zero-order valence-corrected chi connectivity index (χ0v) is 12.3. The lowest BCUT2D eigenvalue weighted by Crippen LogP contribution is -2.60. The van der Waals surface area contributed by atoms with Crippen LogP contribution in [0.25, 0.3) is 0 Å². The maximum absolute atomic E-state index is 2.86. The fraction of sp³-hybridized carbons (Fsp3) is 1.00. The Labute approximate surface area is 113 Å². The summed E-state index contributed by atoms with van der Waals surface area (Å²) in [6.07, 6.45) is 10.1. The quantitative estimate of drug-likeness (QED) is 0.756. The molecule has 2 aliphatic heterocycles. The first-order valence-electron chi connectivity index (χ1n) is 8.24. The van der Waals surface area contributed by atoms with Crippen LogP contribution in [0, 0.1) is 5.41 Å². The van der Waals surface area contributed by atoms with E-state index in [1.54, 1.807) is 0 Å². The number of piperidine rings is 1. The first-order valence-corrected chi connectivity index (χ1v) is 8.24. The monoisotopic (exact) mass is 250 g/mol. The fourth-order valence-electron chi connectivity index (χ4n) is 4.13. The molecule has 0 radical (unpaired) electrons. The molecule has 0 N–H and O–H groups in total. The summed E-state index contributed by atoms with van der Waals surface area (Å²) in [5.74, 6) is 0. The van der Waals surface area contributed by atoms with Gasteiger partial charge in [0.2, 0.25) is 0 Å². The molecule has 2 atom stereocenters. The van der Waals surface area contributed by atoms with Crippen molar-refractivity contribution in [1.29, 1.82) is 0 Å². The third-order valence-electron chi connectivity index (χ3n) is 5.87. The molecule has 3 rings (SSSR count). The van der Waals surface area contributed by atoms with E-state index in [9.17, 15) is 0 Å². The summed E-state index contributed by atoms with van der Waals surface area (Å²) in [6, 6.07) is 1.72. The summed E-state index contributed by atoms with van der Waals surface area (Å²) >= 11 is 0. The van der Waals surface area contributed by atoms with Gasteiger partial charge in [0.15, 0.2) is 0 Å². The number of rotatable bonds is 4. The van der Waals surface area contributed by atoms with Gasteiger partial charge in [0.25, 0.3) is 0 Å². The SMILES string of the molecule is CCC1CN2CCCCC2CN1CC1(CC)CC1. The van der Waals surface area contributed by atoms with Gasteiger partial charge in [0.05, 0.1) is 0 Å². The second-order valence-corrected chi connectivity index (χ2v) is 6.99. The van der Waals surface area contributed by atoms with Crippen LogP contribution in [0.4, 0.5) is 0 Å². The smallest absolute Gasteiger partial charge is 0.0223 e. The van der Waals surface area contributed by atoms with Crippen LogP contribution in [0.3, 0.4) is 0 Å². The standard InChI is InChI=1S/C16H30N2/c1-3-14-11-17-10-6-5-7-15(17)12-18(14)13-16(4-2)8-9-16/h14-15H,3-13H2,1-2H3. The second kappa shape index (κ2) is 5.13. The van der Waals surface area contributed by atoms with E-state index in [0.29, 0.717) is 0 Å². The van der Waals surface area contributed by atoms with Crippen molar-refractivity contribution in [3.05, 3.63) is 0 Å². The van der Waals surface area contributed by atoms with Crippen molar-refractivity contribution < 1.29 is 0 Å². The molecule has 0 bridgehead atoms. The van der Waals surface area contributed by atoms with Crippen LogP contribution in [0.2, 0.25) is 0 Å². The fourth-order valence-corrected chi connectivity index (χ4v) is 4.13. The largest absolute Gasteiger partial charge is 0.298 e. The minimum absolute atomic E-state index is 0.726. The van der Waals surface area contributed by atoms with Crippen molar-refractivity contribution in [2.75, 3.05) is 26.2 Å². The van der Waals surface area contributed by atoms with E-state index in [1.807, 2.05) is 0 Å². The number of nitrogens with zero attached hydrogens (tertiary/aromatic N) is 2. The van der Waals surface area contributed by atoms with Gasteiger partial charge in [-0.3, -0.25) is 9.80 Å². The molecule has 104 valence electrons. The normalized spacial score (nSPS) is 36.3. The minimum atomic E-state index is 0.726. The van der Waals surface area contributed by atoms with Gasteiger partial charge in [-0.15, -0.1) is 0 Å². The molecule has 2 heterocycles. The van der Waals surface area contributed by atoms with Gasteiger partial charge in [-0.05, 0) is 50.5 Å². The molecule has 0 aromatic rings. The van der Waals surface area contributed by atoms with Gasteiger partial charge in [0.1, 0.15) is 0 Å². The molecule has 2 heteroatoms. The highest BCUT2D eigenvalue weighted by atomic mass is 15.3. The Balaban J connectivity index is 1.64. The van der Waals surface area contributed by atoms with Crippen molar-refractivity contribution in [2.45, 2.75) is 70.9 Å². The molecule has 18 heavy (non-hydrogen) atoms. The van der Waals surface area contributed by atoms with Gasteiger partial charge in [-0.2, -0.15) is 0 Å². The van der Waals surface area contributed by atoms with Crippen molar-refractivity contribution in [1.82, 2.24) is 9.80 Å². The van der Waals surface area contributed by atoms with E-state index in [1.165, 1.54) is 71.1 Å². The lowest BCUT2D eigenvalue weighted by molar-refractivity contribution is -0.00265. The highest BCUT2D eigenvalue weighted by molar-refractivity contribution is 4.98. The number of fused-ring (bicyclic) bond motifs is 1. The van der Waals surface area contributed by atoms with Crippen LogP contribution in [-0.4, -0.2) is 48.1 Å². The molecule has 1 aliphatic carbocycles. The molecule has 2 nitrogen and oxygen atoms in total. The Morgan fingerprint density at radius 2 is 1.94 bits per heavy atom. The maximum Gasteiger partial charge on any atom is 0.0223 e. The molecule has 0 spiro atoms. The van der Waals surface area contributed by atoms with Gasteiger partial charge >= 0.3 is 0 Å². The lowest BCUT2D eigenvalue weighted by Gasteiger charge is -2.49. The van der Waals surface area contributed by atoms with E-state index in [4.69, 9.17) is 0 Å². The van der Waals surface area contributed by atoms with E-state index in [0.717, 1.165) is 17.5 Å². The summed E-state index contributed by atoms with van der Waals surface area (Å²) < 4.78 is 0. The minimum Gasteiger partial charge on any atom is -0.298 e. The third kappa shape index (κ3) is 2.46. The van der Waals surface area contributed by atoms with E-state index >= 15 is 0 Å². The molecule has 1 saturated carbocycles. The highest BCUT2D eigenvalue weighted by Crippen LogP contribution is 2.49. The van der Waals surface area contributed by atoms with Crippen molar-refractivity contribution in [3.8, 4) is 0 Å². The van der Waals surface area contributed by atoms with Crippen LogP contribution in [0.5, 0.6) is 0 Å². The summed E-state index contributed by atoms with van der Waals surface area (Å²) in [4.78, 5) is 5.66. The van der Waals surface area contributed by atoms with Gasteiger partial charge < -0.3 is 0 Å². The Morgan fingerprint density at radius 1 is 1.11 bits per heavy atom. The van der Waals surface area contributed by atoms with Crippen LogP contribution in [-0.2, 0) is 0 Å². The van der Waals surface area contributed by atoms with Crippen LogP contribution in [0.1, 0.15) is 58.8 Å². The van der Waals surface area contributed by atoms with Crippen LogP contribution in [0.15, 0.2) is 0 Å². The van der Waals surface area contributed by atoms with E-state index in [-0.39, 0.29) is 0 Å². The lowest BCUT2D eigenvalue weighted by atomic mass is 9.93. The molecule has 2 unspecified atom stereocenters. The Bertz CT molecular complexity index is 285. The van der Waals surface area contributed by atoms with E-state index in [2.05, 4.69) is 23.6 Å². The summed E-state index contributed by atoms with van der Waals surface area (Å²) in [7, 11) is 0. The number of piperazine rings is 1. The average Bonchev–Trinajstić information content (AvgIpc) is 3.18. The van der Waals surface area contributed by atoms with Crippen LogP contribution >= 0.6 is 0 Å². The molecule has 3 aliphatic rings. The number of hydrogen-bond donors (Lipinski definition) is 0. The van der Waals surface area contributed by atoms with Crippen molar-refractivity contribution in [3.63, 3.8) is 0 Å². The first kappa shape index (κ1) is 12.9. The van der Waals surface area contributed by atoms with Crippen molar-refractivity contribution >= 4 is 0 Å². The topological polar surface area (TPSA) is 6.48 Å². The Morgan fingerprint density at radius 3 is 2.61 bits per heavy atom. The molecular weight excluding hydrogens is 220 g/mol. The number of hydrogen-bond acceptors (Lipinski definition) is 2. The zero-order valence-electron chi connectivity index (χ0n) is 12.3. The van der Waals surface area contributed by atoms with E-state index < -0.39 is 0 Å². The maximum atomic E-state index is 2.86. The molecule has 3 fully saturated rings. The molecule has 2 saturated heterocycles. The summed E-state index contributed by atoms with van der Waals surface area (Å²) in [5.41, 5.74) is 0.726.